The van der Waals surface area contributed by atoms with Crippen molar-refractivity contribution >= 4 is 21.6 Å². The number of sulfonamides is 1. The number of rotatable bonds is 4. The van der Waals surface area contributed by atoms with Gasteiger partial charge in [0.25, 0.3) is 0 Å². The molecule has 0 amide bonds. The maximum Gasteiger partial charge on any atom is 0.216 e. The van der Waals surface area contributed by atoms with Crippen LogP contribution < -0.4 is 4.72 Å². The fourth-order valence-corrected chi connectivity index (χ4v) is 5.26. The molecule has 0 heterocycles. The quantitative estimate of drug-likeness (QED) is 0.929. The Bertz CT molecular complexity index is 573. The van der Waals surface area contributed by atoms with Crippen LogP contribution in [-0.4, -0.2) is 14.5 Å². The first-order chi connectivity index (χ1) is 9.03. The molecule has 1 N–H and O–H groups in total. The summed E-state index contributed by atoms with van der Waals surface area (Å²) in [6, 6.07) is 7.26. The van der Waals surface area contributed by atoms with Gasteiger partial charge in [-0.25, -0.2) is 13.1 Å². The molecule has 0 spiro atoms. The van der Waals surface area contributed by atoms with Crippen LogP contribution in [0, 0.1) is 11.8 Å². The molecule has 2 saturated carbocycles. The van der Waals surface area contributed by atoms with Crippen LogP contribution in [0.4, 0.5) is 0 Å². The fraction of sp³-hybridized carbons (Fsp3) is 0.571. The second-order valence-corrected chi connectivity index (χ2v) is 7.91. The molecular weight excluding hydrogens is 282 g/mol. The lowest BCUT2D eigenvalue weighted by Crippen LogP contribution is -2.39. The van der Waals surface area contributed by atoms with E-state index in [1.54, 1.807) is 12.1 Å². The van der Waals surface area contributed by atoms with E-state index in [1.165, 1.54) is 19.3 Å². The summed E-state index contributed by atoms with van der Waals surface area (Å²) in [4.78, 5) is 0. The Kier molecular flexibility index (Phi) is 3.58. The molecule has 19 heavy (non-hydrogen) atoms. The second-order valence-electron chi connectivity index (χ2n) is 5.75. The van der Waals surface area contributed by atoms with Crippen molar-refractivity contribution in [2.45, 2.75) is 37.5 Å². The molecule has 3 nitrogen and oxygen atoms in total. The average molecular weight is 300 g/mol. The van der Waals surface area contributed by atoms with Gasteiger partial charge in [-0.1, -0.05) is 36.2 Å². The molecule has 0 unspecified atom stereocenters. The Balaban J connectivity index is 1.68. The van der Waals surface area contributed by atoms with Gasteiger partial charge in [-0.15, -0.1) is 0 Å². The summed E-state index contributed by atoms with van der Waals surface area (Å²) in [5.74, 6) is 1.25. The molecule has 5 heteroatoms. The van der Waals surface area contributed by atoms with Gasteiger partial charge in [-0.05, 0) is 42.7 Å². The van der Waals surface area contributed by atoms with Gasteiger partial charge in [0.1, 0.15) is 0 Å². The van der Waals surface area contributed by atoms with Crippen LogP contribution in [0.15, 0.2) is 24.3 Å². The van der Waals surface area contributed by atoms with E-state index in [4.69, 9.17) is 11.6 Å². The smallest absolute Gasteiger partial charge is 0.212 e. The maximum atomic E-state index is 12.2. The lowest BCUT2D eigenvalue weighted by atomic mass is 9.96. The van der Waals surface area contributed by atoms with E-state index >= 15 is 0 Å². The van der Waals surface area contributed by atoms with Gasteiger partial charge in [-0.3, -0.25) is 0 Å². The third kappa shape index (κ3) is 2.96. The highest BCUT2D eigenvalue weighted by atomic mass is 35.5. The lowest BCUT2D eigenvalue weighted by molar-refractivity contribution is 0.390. The molecule has 0 saturated heterocycles. The highest BCUT2D eigenvalue weighted by Gasteiger charge is 2.41. The summed E-state index contributed by atoms with van der Waals surface area (Å²) in [5.41, 5.74) is 0.667. The van der Waals surface area contributed by atoms with Crippen molar-refractivity contribution in [3.05, 3.63) is 34.9 Å². The number of benzene rings is 1. The summed E-state index contributed by atoms with van der Waals surface area (Å²) in [6.07, 6.45) is 4.64. The van der Waals surface area contributed by atoms with Crippen LogP contribution in [0.2, 0.25) is 5.02 Å². The summed E-state index contributed by atoms with van der Waals surface area (Å²) >= 11 is 6.02. The molecule has 3 rings (SSSR count). The minimum atomic E-state index is -3.30. The molecule has 3 atom stereocenters. The van der Waals surface area contributed by atoms with Crippen LogP contribution >= 0.6 is 11.6 Å². The van der Waals surface area contributed by atoms with Gasteiger partial charge in [-0.2, -0.15) is 0 Å². The van der Waals surface area contributed by atoms with E-state index in [0.717, 1.165) is 12.3 Å². The Morgan fingerprint density at radius 1 is 1.21 bits per heavy atom. The molecule has 2 aliphatic carbocycles. The molecule has 2 aliphatic rings. The molecule has 1 aromatic carbocycles. The van der Waals surface area contributed by atoms with Gasteiger partial charge in [0, 0.05) is 11.1 Å². The normalized spacial score (nSPS) is 29.8. The van der Waals surface area contributed by atoms with Crippen molar-refractivity contribution in [2.75, 3.05) is 0 Å². The highest BCUT2D eigenvalue weighted by Crippen LogP contribution is 2.44. The monoisotopic (exact) mass is 299 g/mol. The van der Waals surface area contributed by atoms with Crippen molar-refractivity contribution in [1.29, 1.82) is 0 Å². The Labute approximate surface area is 119 Å². The zero-order valence-corrected chi connectivity index (χ0v) is 12.3. The maximum absolute atomic E-state index is 12.2. The van der Waals surface area contributed by atoms with E-state index in [1.807, 2.05) is 12.1 Å². The Morgan fingerprint density at radius 3 is 2.63 bits per heavy atom. The second kappa shape index (κ2) is 5.08. The molecule has 2 fully saturated rings. The van der Waals surface area contributed by atoms with Gasteiger partial charge in [0.05, 0.1) is 5.75 Å². The molecule has 1 aromatic rings. The third-order valence-electron chi connectivity index (χ3n) is 4.37. The summed E-state index contributed by atoms with van der Waals surface area (Å²) in [6.45, 7) is 0. The number of fused-ring (bicyclic) bond motifs is 2. The van der Waals surface area contributed by atoms with E-state index in [-0.39, 0.29) is 11.8 Å². The molecular formula is C14H18ClNO2S. The first-order valence-electron chi connectivity index (χ1n) is 6.77. The van der Waals surface area contributed by atoms with E-state index in [2.05, 4.69) is 4.72 Å². The summed E-state index contributed by atoms with van der Waals surface area (Å²) in [5, 5.41) is 0.515. The minimum absolute atomic E-state index is 0.0272. The standard InChI is InChI=1S/C14H18ClNO2S/c15-13-4-2-1-3-12(13)9-19(17,18)16-14-8-10-5-6-11(14)7-10/h1-4,10-11,14,16H,5-9H2/t10-,11-,14+/m0/s1. The fourth-order valence-electron chi connectivity index (χ4n) is 3.48. The summed E-state index contributed by atoms with van der Waals surface area (Å²) in [7, 11) is -3.30. The van der Waals surface area contributed by atoms with Gasteiger partial charge >= 0.3 is 0 Å². The van der Waals surface area contributed by atoms with Gasteiger partial charge < -0.3 is 0 Å². The average Bonchev–Trinajstić information content (AvgIpc) is 2.93. The number of halogens is 1. The molecule has 2 bridgehead atoms. The van der Waals surface area contributed by atoms with Crippen LogP contribution in [0.1, 0.15) is 31.2 Å². The predicted octanol–water partition coefficient (Wildman–Crippen LogP) is 2.95. The summed E-state index contributed by atoms with van der Waals surface area (Å²) < 4.78 is 27.3. The molecule has 0 radical (unpaired) electrons. The van der Waals surface area contributed by atoms with E-state index < -0.39 is 10.0 Å². The lowest BCUT2D eigenvalue weighted by Gasteiger charge is -2.22. The first kappa shape index (κ1) is 13.4. The number of hydrogen-bond acceptors (Lipinski definition) is 2. The largest absolute Gasteiger partial charge is 0.216 e. The minimum Gasteiger partial charge on any atom is -0.212 e. The predicted molar refractivity (Wildman–Crippen MR) is 76.4 cm³/mol. The Hall–Kier alpha value is -0.580. The van der Waals surface area contributed by atoms with Crippen molar-refractivity contribution in [2.24, 2.45) is 11.8 Å². The third-order valence-corrected chi connectivity index (χ3v) is 6.09. The molecule has 104 valence electrons. The van der Waals surface area contributed by atoms with E-state index in [0.29, 0.717) is 16.5 Å². The SMILES string of the molecule is O=S(=O)(Cc1ccccc1Cl)N[C@@H]1C[C@H]2CC[C@H]1C2. The van der Waals surface area contributed by atoms with Crippen molar-refractivity contribution in [3.8, 4) is 0 Å². The van der Waals surface area contributed by atoms with Gasteiger partial charge in [0.15, 0.2) is 0 Å². The first-order valence-corrected chi connectivity index (χ1v) is 8.80. The zero-order chi connectivity index (χ0) is 13.5. The van der Waals surface area contributed by atoms with Crippen LogP contribution in [0.3, 0.4) is 0 Å². The van der Waals surface area contributed by atoms with Crippen molar-refractivity contribution in [3.63, 3.8) is 0 Å². The van der Waals surface area contributed by atoms with Crippen LogP contribution in [0.5, 0.6) is 0 Å². The van der Waals surface area contributed by atoms with Gasteiger partial charge in [0.2, 0.25) is 10.0 Å². The van der Waals surface area contributed by atoms with Crippen LogP contribution in [0.25, 0.3) is 0 Å². The van der Waals surface area contributed by atoms with Crippen molar-refractivity contribution < 1.29 is 8.42 Å². The molecule has 0 aliphatic heterocycles. The highest BCUT2D eigenvalue weighted by molar-refractivity contribution is 7.88. The van der Waals surface area contributed by atoms with E-state index in [9.17, 15) is 8.42 Å². The topological polar surface area (TPSA) is 46.2 Å². The van der Waals surface area contributed by atoms with Crippen LogP contribution in [-0.2, 0) is 15.8 Å². The number of nitrogens with one attached hydrogen (secondary N) is 1. The zero-order valence-electron chi connectivity index (χ0n) is 10.7. The Morgan fingerprint density at radius 2 is 2.00 bits per heavy atom. The van der Waals surface area contributed by atoms with Crippen molar-refractivity contribution in [1.82, 2.24) is 4.72 Å². The molecule has 0 aromatic heterocycles. The number of hydrogen-bond donors (Lipinski definition) is 1.